The number of benzene rings is 2. The summed E-state index contributed by atoms with van der Waals surface area (Å²) in [6.45, 7) is 3.87. The largest absolute Gasteiger partial charge is 0.490 e. The third kappa shape index (κ3) is 6.70. The Balaban J connectivity index is 1.44. The normalized spacial score (nSPS) is 17.4. The van der Waals surface area contributed by atoms with Gasteiger partial charge in [0.2, 0.25) is 5.91 Å². The van der Waals surface area contributed by atoms with E-state index in [0.717, 1.165) is 52.4 Å². The number of carbonyl (C=O) groups is 3. The zero-order valence-electron chi connectivity index (χ0n) is 20.2. The molecular formula is C27H29BrN2O5S. The third-order valence-corrected chi connectivity index (χ3v) is 7.43. The van der Waals surface area contributed by atoms with Gasteiger partial charge in [-0.3, -0.25) is 19.3 Å². The molecular weight excluding hydrogens is 544 g/mol. The summed E-state index contributed by atoms with van der Waals surface area (Å²) in [4.78, 5) is 41.3. The average molecular weight is 574 g/mol. The Morgan fingerprint density at radius 2 is 1.72 bits per heavy atom. The highest BCUT2D eigenvalue weighted by molar-refractivity contribution is 9.10. The van der Waals surface area contributed by atoms with Gasteiger partial charge < -0.3 is 14.4 Å². The van der Waals surface area contributed by atoms with Gasteiger partial charge in [-0.15, -0.1) is 0 Å². The Kier molecular flexibility index (Phi) is 9.09. The van der Waals surface area contributed by atoms with E-state index >= 15 is 0 Å². The van der Waals surface area contributed by atoms with Crippen molar-refractivity contribution in [2.45, 2.75) is 39.2 Å². The molecule has 190 valence electrons. The quantitative estimate of drug-likeness (QED) is 0.368. The maximum Gasteiger partial charge on any atom is 0.294 e. The van der Waals surface area contributed by atoms with Crippen LogP contribution in [0.1, 0.15) is 43.7 Å². The van der Waals surface area contributed by atoms with Crippen molar-refractivity contribution < 1.29 is 23.9 Å². The van der Waals surface area contributed by atoms with Crippen LogP contribution in [0.2, 0.25) is 0 Å². The van der Waals surface area contributed by atoms with E-state index in [9.17, 15) is 14.4 Å². The number of hydrogen-bond donors (Lipinski definition) is 0. The van der Waals surface area contributed by atoms with E-state index in [1.807, 2.05) is 37.3 Å². The lowest BCUT2D eigenvalue weighted by atomic mass is 10.1. The van der Waals surface area contributed by atoms with Crippen molar-refractivity contribution >= 4 is 50.8 Å². The minimum atomic E-state index is -0.443. The molecule has 0 spiro atoms. The number of rotatable bonds is 8. The van der Waals surface area contributed by atoms with Gasteiger partial charge in [-0.2, -0.15) is 0 Å². The van der Waals surface area contributed by atoms with Crippen LogP contribution in [0, 0.1) is 0 Å². The van der Waals surface area contributed by atoms with Crippen molar-refractivity contribution in [1.29, 1.82) is 0 Å². The van der Waals surface area contributed by atoms with Crippen molar-refractivity contribution in [2.75, 3.05) is 26.2 Å². The van der Waals surface area contributed by atoms with Crippen LogP contribution in [0.15, 0.2) is 51.8 Å². The van der Waals surface area contributed by atoms with Gasteiger partial charge in [0.1, 0.15) is 13.2 Å². The summed E-state index contributed by atoms with van der Waals surface area (Å²) < 4.78 is 12.7. The van der Waals surface area contributed by atoms with Crippen molar-refractivity contribution in [1.82, 2.24) is 9.80 Å². The van der Waals surface area contributed by atoms with Crippen molar-refractivity contribution in [2.24, 2.45) is 0 Å². The van der Waals surface area contributed by atoms with Crippen molar-refractivity contribution in [3.05, 3.63) is 63.0 Å². The molecule has 0 aromatic heterocycles. The van der Waals surface area contributed by atoms with Crippen molar-refractivity contribution in [3.8, 4) is 11.5 Å². The molecule has 2 aliphatic rings. The molecule has 0 unspecified atom stereocenters. The van der Waals surface area contributed by atoms with Crippen LogP contribution >= 0.6 is 27.7 Å². The first-order valence-electron chi connectivity index (χ1n) is 12.1. The molecule has 9 heteroatoms. The van der Waals surface area contributed by atoms with Gasteiger partial charge in [0.15, 0.2) is 11.5 Å². The van der Waals surface area contributed by atoms with E-state index in [1.165, 1.54) is 0 Å². The number of hydrogen-bond acceptors (Lipinski definition) is 6. The molecule has 2 fully saturated rings. The van der Waals surface area contributed by atoms with E-state index in [4.69, 9.17) is 9.47 Å². The Labute approximate surface area is 223 Å². The van der Waals surface area contributed by atoms with Crippen LogP contribution in [-0.2, 0) is 16.2 Å². The number of likely N-dealkylation sites (tertiary alicyclic amines) is 1. The Morgan fingerprint density at radius 1 is 1.00 bits per heavy atom. The smallest absolute Gasteiger partial charge is 0.294 e. The summed E-state index contributed by atoms with van der Waals surface area (Å²) >= 11 is 4.28. The molecule has 0 saturated carbocycles. The maximum absolute atomic E-state index is 13.0. The van der Waals surface area contributed by atoms with Crippen LogP contribution in [-0.4, -0.2) is 53.1 Å². The molecule has 36 heavy (non-hydrogen) atoms. The third-order valence-electron chi connectivity index (χ3n) is 6.00. The second-order valence-corrected chi connectivity index (χ2v) is 10.5. The number of thioether (sulfide) groups is 1. The van der Waals surface area contributed by atoms with Crippen molar-refractivity contribution in [3.63, 3.8) is 0 Å². The molecule has 0 N–H and O–H groups in total. The summed E-state index contributed by atoms with van der Waals surface area (Å²) in [6, 6.07) is 13.3. The number of nitrogens with zero attached hydrogens (tertiary/aromatic N) is 2. The highest BCUT2D eigenvalue weighted by Crippen LogP contribution is 2.35. The van der Waals surface area contributed by atoms with Gasteiger partial charge in [-0.1, -0.05) is 47.0 Å². The Bertz CT molecular complexity index is 1140. The van der Waals surface area contributed by atoms with E-state index in [0.29, 0.717) is 43.4 Å². The number of amides is 3. The summed E-state index contributed by atoms with van der Waals surface area (Å²) in [5, 5.41) is -0.422. The summed E-state index contributed by atoms with van der Waals surface area (Å²) in [7, 11) is 0. The summed E-state index contributed by atoms with van der Waals surface area (Å²) in [6.07, 6.45) is 5.78. The maximum atomic E-state index is 13.0. The first-order chi connectivity index (χ1) is 17.4. The van der Waals surface area contributed by atoms with Gasteiger partial charge in [0.25, 0.3) is 11.1 Å². The molecule has 0 radical (unpaired) electrons. The average Bonchev–Trinajstić information content (AvgIpc) is 3.05. The van der Waals surface area contributed by atoms with Gasteiger partial charge in [0.05, 0.1) is 11.5 Å². The summed E-state index contributed by atoms with van der Waals surface area (Å²) in [5.41, 5.74) is 1.73. The van der Waals surface area contributed by atoms with E-state index < -0.39 is 11.1 Å². The zero-order chi connectivity index (χ0) is 25.5. The van der Waals surface area contributed by atoms with E-state index in [2.05, 4.69) is 15.9 Å². The number of halogens is 1. The van der Waals surface area contributed by atoms with Gasteiger partial charge in [-0.25, -0.2) is 0 Å². The fraction of sp³-hybridized carbons (Fsp3) is 0.370. The first-order valence-corrected chi connectivity index (χ1v) is 13.7. The molecule has 3 amide bonds. The minimum Gasteiger partial charge on any atom is -0.490 e. The molecule has 7 nitrogen and oxygen atoms in total. The second kappa shape index (κ2) is 12.5. The molecule has 2 saturated heterocycles. The second-order valence-electron chi connectivity index (χ2n) is 8.62. The standard InChI is InChI=1S/C27H29BrN2O5S/c1-2-34-23-15-20(9-12-22(23)35-18-19-7-10-21(28)11-8-19)16-24-26(32)30(27(33)36-24)17-25(31)29-13-5-3-4-6-14-29/h7-12,15-16H,2-6,13-14,17-18H2,1H3. The lowest BCUT2D eigenvalue weighted by Crippen LogP contribution is -2.42. The molecule has 2 heterocycles. The predicted octanol–water partition coefficient (Wildman–Crippen LogP) is 5.87. The Hall–Kier alpha value is -2.78. The highest BCUT2D eigenvalue weighted by atomic mass is 79.9. The molecule has 2 aromatic rings. The van der Waals surface area contributed by atoms with Crippen LogP contribution in [0.5, 0.6) is 11.5 Å². The first kappa shape index (κ1) is 26.3. The van der Waals surface area contributed by atoms with Crippen LogP contribution in [0.3, 0.4) is 0 Å². The van der Waals surface area contributed by atoms with Crippen LogP contribution in [0.4, 0.5) is 4.79 Å². The topological polar surface area (TPSA) is 76.2 Å². The SMILES string of the molecule is CCOc1cc(C=C2SC(=O)N(CC(=O)N3CCCCCC3)C2=O)ccc1OCc1ccc(Br)cc1. The molecule has 0 aliphatic carbocycles. The number of carbonyl (C=O) groups excluding carboxylic acids is 3. The highest BCUT2D eigenvalue weighted by Gasteiger charge is 2.37. The zero-order valence-corrected chi connectivity index (χ0v) is 22.6. The lowest BCUT2D eigenvalue weighted by molar-refractivity contribution is -0.135. The lowest BCUT2D eigenvalue weighted by Gasteiger charge is -2.22. The predicted molar refractivity (Wildman–Crippen MR) is 144 cm³/mol. The van der Waals surface area contributed by atoms with E-state index in [-0.39, 0.29) is 17.4 Å². The van der Waals surface area contributed by atoms with Gasteiger partial charge in [0, 0.05) is 17.6 Å². The molecule has 0 bridgehead atoms. The fourth-order valence-electron chi connectivity index (χ4n) is 4.09. The van der Waals surface area contributed by atoms with Crippen LogP contribution < -0.4 is 9.47 Å². The van der Waals surface area contributed by atoms with Gasteiger partial charge in [-0.05, 0) is 73.0 Å². The molecule has 2 aromatic carbocycles. The number of ether oxygens (including phenoxy) is 2. The fourth-order valence-corrected chi connectivity index (χ4v) is 5.19. The van der Waals surface area contributed by atoms with Gasteiger partial charge >= 0.3 is 0 Å². The monoisotopic (exact) mass is 572 g/mol. The molecule has 4 rings (SSSR count). The molecule has 0 atom stereocenters. The minimum absolute atomic E-state index is 0.175. The van der Waals surface area contributed by atoms with Crippen LogP contribution in [0.25, 0.3) is 6.08 Å². The van der Waals surface area contributed by atoms with E-state index in [1.54, 1.807) is 23.1 Å². The summed E-state index contributed by atoms with van der Waals surface area (Å²) in [5.74, 6) is 0.528. The number of imide groups is 1. The molecule has 2 aliphatic heterocycles. The Morgan fingerprint density at radius 3 is 2.42 bits per heavy atom.